The predicted molar refractivity (Wildman–Crippen MR) is 101 cm³/mol. The number of aromatic nitrogens is 2. The molecule has 1 amide bonds. The minimum atomic E-state index is 0.0638. The first-order chi connectivity index (χ1) is 12.5. The highest BCUT2D eigenvalue weighted by Gasteiger charge is 2.49. The number of ether oxygens (including phenoxy) is 1. The van der Waals surface area contributed by atoms with Crippen molar-refractivity contribution in [2.45, 2.75) is 12.8 Å². The van der Waals surface area contributed by atoms with E-state index in [9.17, 15) is 4.79 Å². The molecule has 3 heterocycles. The molecule has 6 heteroatoms. The van der Waals surface area contributed by atoms with Crippen LogP contribution < -0.4 is 0 Å². The van der Waals surface area contributed by atoms with Crippen LogP contribution in [0.2, 0.25) is 0 Å². The first-order valence-electron chi connectivity index (χ1n) is 9.44. The number of aryl methyl sites for hydroxylation is 1. The molecule has 2 aliphatic rings. The number of nitrogens with zero attached hydrogens (tertiary/aromatic N) is 4. The first-order valence-corrected chi connectivity index (χ1v) is 9.44. The molecule has 1 spiro atoms. The van der Waals surface area contributed by atoms with E-state index in [0.29, 0.717) is 11.6 Å². The monoisotopic (exact) mass is 356 g/mol. The maximum atomic E-state index is 13.3. The molecular weight excluding hydrogens is 328 g/mol. The van der Waals surface area contributed by atoms with Crippen LogP contribution in [0.3, 0.4) is 0 Å². The Balaban J connectivity index is 1.64. The minimum absolute atomic E-state index is 0.0638. The predicted octanol–water partition coefficient (Wildman–Crippen LogP) is 2.00. The van der Waals surface area contributed by atoms with E-state index in [1.165, 1.54) is 0 Å². The fourth-order valence-corrected chi connectivity index (χ4v) is 4.75. The lowest BCUT2D eigenvalue weighted by Gasteiger charge is -2.38. The number of para-hydroxylation sites is 1. The van der Waals surface area contributed by atoms with E-state index in [1.807, 2.05) is 36.2 Å². The Morgan fingerprint density at radius 3 is 2.77 bits per heavy atom. The van der Waals surface area contributed by atoms with Crippen molar-refractivity contribution in [3.05, 3.63) is 30.0 Å². The van der Waals surface area contributed by atoms with E-state index in [1.54, 1.807) is 4.68 Å². The van der Waals surface area contributed by atoms with Crippen molar-refractivity contribution in [3.63, 3.8) is 0 Å². The van der Waals surface area contributed by atoms with Crippen molar-refractivity contribution >= 4 is 16.8 Å². The molecule has 0 N–H and O–H groups in total. The molecule has 0 saturated carbocycles. The number of hydrogen-bond acceptors (Lipinski definition) is 4. The second kappa shape index (κ2) is 6.67. The highest BCUT2D eigenvalue weighted by atomic mass is 16.5. The number of carbonyl (C=O) groups excluding carboxylic acids is 1. The molecule has 0 radical (unpaired) electrons. The Morgan fingerprint density at radius 2 is 2.04 bits per heavy atom. The molecule has 26 heavy (non-hydrogen) atoms. The van der Waals surface area contributed by atoms with Gasteiger partial charge < -0.3 is 14.5 Å². The molecule has 6 nitrogen and oxygen atoms in total. The van der Waals surface area contributed by atoms with Crippen LogP contribution in [0.1, 0.15) is 23.3 Å². The summed E-state index contributed by atoms with van der Waals surface area (Å²) in [6, 6.07) is 7.96. The van der Waals surface area contributed by atoms with Gasteiger partial charge in [0, 0.05) is 45.3 Å². The van der Waals surface area contributed by atoms with E-state index < -0.39 is 0 Å². The first kappa shape index (κ1) is 17.5. The zero-order valence-electron chi connectivity index (χ0n) is 15.9. The Labute approximate surface area is 154 Å². The third-order valence-electron chi connectivity index (χ3n) is 6.13. The number of rotatable bonds is 3. The van der Waals surface area contributed by atoms with Crippen LogP contribution >= 0.6 is 0 Å². The molecule has 1 atom stereocenters. The lowest BCUT2D eigenvalue weighted by Crippen LogP contribution is -2.40. The molecule has 1 aromatic heterocycles. The topological polar surface area (TPSA) is 50.6 Å². The van der Waals surface area contributed by atoms with Crippen LogP contribution in [-0.2, 0) is 11.8 Å². The summed E-state index contributed by atoms with van der Waals surface area (Å²) in [7, 11) is 6.13. The largest absolute Gasteiger partial charge is 0.381 e. The zero-order valence-corrected chi connectivity index (χ0v) is 15.9. The molecule has 140 valence electrons. The van der Waals surface area contributed by atoms with E-state index >= 15 is 0 Å². The second-order valence-corrected chi connectivity index (χ2v) is 8.11. The molecule has 1 aromatic carbocycles. The quantitative estimate of drug-likeness (QED) is 0.844. The van der Waals surface area contributed by atoms with Crippen molar-refractivity contribution in [3.8, 4) is 0 Å². The lowest BCUT2D eigenvalue weighted by molar-refractivity contribution is -0.00452. The van der Waals surface area contributed by atoms with E-state index in [-0.39, 0.29) is 11.3 Å². The van der Waals surface area contributed by atoms with E-state index in [0.717, 1.165) is 56.6 Å². The van der Waals surface area contributed by atoms with Gasteiger partial charge in [0.1, 0.15) is 0 Å². The Hall–Kier alpha value is -1.92. The summed E-state index contributed by atoms with van der Waals surface area (Å²) in [6.07, 6.45) is 2.08. The van der Waals surface area contributed by atoms with Gasteiger partial charge in [-0.05, 0) is 44.3 Å². The number of carbonyl (C=O) groups is 1. The molecule has 0 aliphatic carbocycles. The van der Waals surface area contributed by atoms with Crippen LogP contribution in [0, 0.1) is 11.3 Å². The summed E-state index contributed by atoms with van der Waals surface area (Å²) in [6.45, 7) is 4.24. The highest BCUT2D eigenvalue weighted by molar-refractivity contribution is 6.05. The van der Waals surface area contributed by atoms with Gasteiger partial charge in [-0.1, -0.05) is 18.2 Å². The number of benzene rings is 1. The van der Waals surface area contributed by atoms with Gasteiger partial charge in [0.15, 0.2) is 5.69 Å². The Morgan fingerprint density at radius 1 is 1.31 bits per heavy atom. The van der Waals surface area contributed by atoms with E-state index in [4.69, 9.17) is 4.74 Å². The molecule has 4 rings (SSSR count). The summed E-state index contributed by atoms with van der Waals surface area (Å²) < 4.78 is 7.42. The fraction of sp³-hybridized carbons (Fsp3) is 0.600. The van der Waals surface area contributed by atoms with Gasteiger partial charge in [0.05, 0.1) is 5.52 Å². The average molecular weight is 356 g/mol. The maximum Gasteiger partial charge on any atom is 0.275 e. The fourth-order valence-electron chi connectivity index (χ4n) is 4.75. The van der Waals surface area contributed by atoms with Crippen LogP contribution in [0.25, 0.3) is 10.9 Å². The summed E-state index contributed by atoms with van der Waals surface area (Å²) in [5.74, 6) is 0.550. The van der Waals surface area contributed by atoms with Gasteiger partial charge in [-0.2, -0.15) is 5.10 Å². The third kappa shape index (κ3) is 2.91. The summed E-state index contributed by atoms with van der Waals surface area (Å²) in [5, 5.41) is 5.49. The SMILES string of the molecule is CN(C)C[C@H]1CN(C(=O)c2nn(C)c3ccccc23)CC12CCOCC2. The third-order valence-corrected chi connectivity index (χ3v) is 6.13. The smallest absolute Gasteiger partial charge is 0.275 e. The Bertz CT molecular complexity index is 807. The number of fused-ring (bicyclic) bond motifs is 1. The molecule has 2 fully saturated rings. The average Bonchev–Trinajstić information content (AvgIpc) is 3.14. The molecule has 0 bridgehead atoms. The normalized spacial score (nSPS) is 22.6. The summed E-state index contributed by atoms with van der Waals surface area (Å²) in [4.78, 5) is 17.6. The number of likely N-dealkylation sites (tertiary alicyclic amines) is 1. The van der Waals surface area contributed by atoms with Crippen molar-refractivity contribution in [1.82, 2.24) is 19.6 Å². The highest BCUT2D eigenvalue weighted by Crippen LogP contribution is 2.45. The summed E-state index contributed by atoms with van der Waals surface area (Å²) >= 11 is 0. The number of amides is 1. The van der Waals surface area contributed by atoms with Crippen LogP contribution in [-0.4, -0.2) is 72.4 Å². The molecule has 2 aromatic rings. The molecule has 0 unspecified atom stereocenters. The van der Waals surface area contributed by atoms with Crippen molar-refractivity contribution < 1.29 is 9.53 Å². The Kier molecular flexibility index (Phi) is 4.49. The molecule has 2 saturated heterocycles. The second-order valence-electron chi connectivity index (χ2n) is 8.11. The lowest BCUT2D eigenvalue weighted by atomic mass is 9.72. The number of hydrogen-bond donors (Lipinski definition) is 0. The zero-order chi connectivity index (χ0) is 18.3. The molecular formula is C20H28N4O2. The van der Waals surface area contributed by atoms with Crippen molar-refractivity contribution in [2.24, 2.45) is 18.4 Å². The van der Waals surface area contributed by atoms with Gasteiger partial charge in [0.25, 0.3) is 5.91 Å². The van der Waals surface area contributed by atoms with Gasteiger partial charge in [0.2, 0.25) is 0 Å². The van der Waals surface area contributed by atoms with Gasteiger partial charge in [-0.3, -0.25) is 9.48 Å². The van der Waals surface area contributed by atoms with Gasteiger partial charge in [-0.15, -0.1) is 0 Å². The van der Waals surface area contributed by atoms with Crippen LogP contribution in [0.5, 0.6) is 0 Å². The summed E-state index contributed by atoms with van der Waals surface area (Å²) in [5.41, 5.74) is 1.76. The van der Waals surface area contributed by atoms with Gasteiger partial charge in [-0.25, -0.2) is 0 Å². The van der Waals surface area contributed by atoms with Gasteiger partial charge >= 0.3 is 0 Å². The van der Waals surface area contributed by atoms with Crippen molar-refractivity contribution in [2.75, 3.05) is 46.9 Å². The molecule has 2 aliphatic heterocycles. The van der Waals surface area contributed by atoms with E-state index in [2.05, 4.69) is 24.1 Å². The maximum absolute atomic E-state index is 13.3. The van der Waals surface area contributed by atoms with Crippen molar-refractivity contribution in [1.29, 1.82) is 0 Å². The minimum Gasteiger partial charge on any atom is -0.381 e. The van der Waals surface area contributed by atoms with Crippen LogP contribution in [0.15, 0.2) is 24.3 Å². The standard InChI is InChI=1S/C20H28N4O2/c1-22(2)12-15-13-24(14-20(15)8-10-26-11-9-20)19(25)18-16-6-4-5-7-17(16)23(3)21-18/h4-7,15H,8-14H2,1-3H3/t15-/m0/s1. The van der Waals surface area contributed by atoms with Crippen LogP contribution in [0.4, 0.5) is 0 Å².